The summed E-state index contributed by atoms with van der Waals surface area (Å²) in [6.07, 6.45) is 17.3. The summed E-state index contributed by atoms with van der Waals surface area (Å²) in [4.78, 5) is 0. The summed E-state index contributed by atoms with van der Waals surface area (Å²) in [6.45, 7) is 0. The Morgan fingerprint density at radius 1 is 0.556 bits per heavy atom. The number of hydrogen-bond acceptors (Lipinski definition) is 2. The van der Waals surface area contributed by atoms with Gasteiger partial charge in [-0.05, 0) is 0 Å². The third kappa shape index (κ3) is 4.51. The fourth-order valence-electron chi connectivity index (χ4n) is 3.29. The fraction of sp³-hybridized carbons (Fsp3) is 0.0909. The Bertz CT molecular complexity index is 813. The maximum atomic E-state index is 6.84. The van der Waals surface area contributed by atoms with Crippen LogP contribution < -0.4 is 5.63 Å². The molecule has 0 atom stereocenters. The summed E-state index contributed by atoms with van der Waals surface area (Å²) in [7, 11) is 0. The molecule has 0 heterocycles. The van der Waals surface area contributed by atoms with Crippen molar-refractivity contribution in [3.05, 3.63) is 104 Å². The van der Waals surface area contributed by atoms with Gasteiger partial charge in [0.25, 0.3) is 0 Å². The summed E-state index contributed by atoms with van der Waals surface area (Å²) in [5.74, 6) is 1.78. The molecule has 27 heavy (non-hydrogen) atoms. The number of benzene rings is 2. The Balaban J connectivity index is 1.77. The van der Waals surface area contributed by atoms with Crippen LogP contribution in [0.3, 0.4) is 0 Å². The van der Waals surface area contributed by atoms with E-state index in [0.29, 0.717) is 0 Å². The van der Waals surface area contributed by atoms with Gasteiger partial charge in [0.05, 0.1) is 0 Å². The van der Waals surface area contributed by atoms with Crippen LogP contribution >= 0.6 is 45.2 Å². The van der Waals surface area contributed by atoms with Gasteiger partial charge < -0.3 is 0 Å². The van der Waals surface area contributed by atoms with Crippen molar-refractivity contribution in [2.75, 3.05) is 0 Å². The first-order chi connectivity index (χ1) is 13.2. The molecule has 5 heteroatoms. The van der Waals surface area contributed by atoms with E-state index >= 15 is 0 Å². The molecule has 4 rings (SSSR count). The molecule has 0 amide bonds. The van der Waals surface area contributed by atoms with Crippen molar-refractivity contribution in [3.8, 4) is 11.5 Å². The summed E-state index contributed by atoms with van der Waals surface area (Å²) >= 11 is 0.862. The van der Waals surface area contributed by atoms with Crippen molar-refractivity contribution in [2.24, 2.45) is 0 Å². The minimum atomic E-state index is -3.77. The third-order valence-electron chi connectivity index (χ3n) is 4.61. The van der Waals surface area contributed by atoms with Crippen molar-refractivity contribution in [3.63, 3.8) is 0 Å². The van der Waals surface area contributed by atoms with Gasteiger partial charge in [0.15, 0.2) is 0 Å². The van der Waals surface area contributed by atoms with E-state index in [1.165, 1.54) is 7.14 Å². The Kier molecular flexibility index (Phi) is 6.39. The molecule has 0 spiro atoms. The zero-order valence-corrected chi connectivity index (χ0v) is 21.2. The summed E-state index contributed by atoms with van der Waals surface area (Å²) in [6, 6.07) is 16.5. The van der Waals surface area contributed by atoms with E-state index in [9.17, 15) is 0 Å². The average Bonchev–Trinajstić information content (AvgIpc) is 3.39. The van der Waals surface area contributed by atoms with E-state index in [2.05, 4.69) is 142 Å². The summed E-state index contributed by atoms with van der Waals surface area (Å²) < 4.78 is 16.5. The van der Waals surface area contributed by atoms with E-state index in [1.54, 1.807) is 0 Å². The minimum absolute atomic E-state index is 0.204. The van der Waals surface area contributed by atoms with Gasteiger partial charge in [-0.3, -0.25) is 0 Å². The van der Waals surface area contributed by atoms with E-state index < -0.39 is 21.1 Å². The molecule has 2 aromatic carbocycles. The second kappa shape index (κ2) is 8.79. The zero-order chi connectivity index (χ0) is 18.7. The van der Waals surface area contributed by atoms with E-state index in [-0.39, 0.29) is 7.25 Å². The molecular weight excluding hydrogens is 641 g/mol. The zero-order valence-electron chi connectivity index (χ0n) is 14.5. The van der Waals surface area contributed by atoms with Gasteiger partial charge >= 0.3 is 195 Å². The van der Waals surface area contributed by atoms with Crippen LogP contribution in [0.1, 0.15) is 0 Å². The molecule has 0 saturated carbocycles. The molecule has 0 aromatic heterocycles. The van der Waals surface area contributed by atoms with Gasteiger partial charge in [-0.25, -0.2) is 0 Å². The standard InChI is InChI=1S/2C6H5IO.2C5H5.Zr/c2*7-5-1-3-6(8)4-2-5;2*1-2-4-5-3-1;/h2*1-4,8H;2*1-5H;/q;;;;+2/p-2. The van der Waals surface area contributed by atoms with Crippen LogP contribution in [0, 0.1) is 7.14 Å². The fourth-order valence-corrected chi connectivity index (χ4v) is 12.8. The van der Waals surface area contributed by atoms with Crippen molar-refractivity contribution < 1.29 is 26.8 Å². The van der Waals surface area contributed by atoms with Gasteiger partial charge in [0.2, 0.25) is 0 Å². The summed E-state index contributed by atoms with van der Waals surface area (Å²) in [5, 5.41) is 0. The average molecular weight is 659 g/mol. The van der Waals surface area contributed by atoms with Crippen LogP contribution in [0.4, 0.5) is 0 Å². The van der Waals surface area contributed by atoms with Crippen molar-refractivity contribution >= 4 is 45.2 Å². The SMILES string of the molecule is Ic1ccc([O][Zr]([O]c2ccc(I)cc2)([CH]2C=CC=C2)[CH]2C=CC=C2)cc1. The maximum absolute atomic E-state index is 6.84. The van der Waals surface area contributed by atoms with Crippen LogP contribution in [0.2, 0.25) is 7.25 Å². The molecule has 2 nitrogen and oxygen atoms in total. The number of halogens is 2. The predicted molar refractivity (Wildman–Crippen MR) is 124 cm³/mol. The van der Waals surface area contributed by atoms with Crippen molar-refractivity contribution in [1.82, 2.24) is 0 Å². The first-order valence-electron chi connectivity index (χ1n) is 8.75. The molecule has 0 bridgehead atoms. The molecule has 0 aliphatic heterocycles. The Morgan fingerprint density at radius 3 is 1.22 bits per heavy atom. The molecule has 2 aliphatic rings. The first kappa shape index (κ1) is 19.7. The number of hydrogen-bond donors (Lipinski definition) is 0. The second-order valence-corrected chi connectivity index (χ2v) is 16.7. The Morgan fingerprint density at radius 2 is 0.889 bits per heavy atom. The topological polar surface area (TPSA) is 18.5 Å². The van der Waals surface area contributed by atoms with Crippen LogP contribution in [-0.4, -0.2) is 0 Å². The van der Waals surface area contributed by atoms with E-state index in [1.807, 2.05) is 0 Å². The third-order valence-corrected chi connectivity index (χ3v) is 15.2. The normalized spacial score (nSPS) is 16.4. The van der Waals surface area contributed by atoms with E-state index in [0.717, 1.165) is 11.5 Å². The van der Waals surface area contributed by atoms with Crippen LogP contribution in [0.5, 0.6) is 11.5 Å². The molecule has 0 saturated heterocycles. The second-order valence-electron chi connectivity index (χ2n) is 6.42. The van der Waals surface area contributed by atoms with Gasteiger partial charge in [0.1, 0.15) is 0 Å². The Hall–Kier alpha value is -0.657. The van der Waals surface area contributed by atoms with E-state index in [4.69, 9.17) is 5.63 Å². The first-order valence-corrected chi connectivity index (χ1v) is 15.8. The molecule has 2 aromatic rings. The van der Waals surface area contributed by atoms with Gasteiger partial charge in [-0.1, -0.05) is 0 Å². The van der Waals surface area contributed by atoms with Crippen molar-refractivity contribution in [1.29, 1.82) is 0 Å². The van der Waals surface area contributed by atoms with Gasteiger partial charge in [-0.15, -0.1) is 0 Å². The molecule has 0 fully saturated rings. The molecule has 2 aliphatic carbocycles. The molecule has 0 unspecified atom stereocenters. The van der Waals surface area contributed by atoms with Crippen LogP contribution in [0.15, 0.2) is 97.1 Å². The van der Waals surface area contributed by atoms with Gasteiger partial charge in [0, 0.05) is 0 Å². The quantitative estimate of drug-likeness (QED) is 0.307. The van der Waals surface area contributed by atoms with Crippen LogP contribution in [0.25, 0.3) is 0 Å². The number of rotatable bonds is 6. The molecule has 0 N–H and O–H groups in total. The Labute approximate surface area is 193 Å². The van der Waals surface area contributed by atoms with Crippen molar-refractivity contribution in [2.45, 2.75) is 7.25 Å². The predicted octanol–water partition coefficient (Wildman–Crippen LogP) is 7.17. The monoisotopic (exact) mass is 658 g/mol. The van der Waals surface area contributed by atoms with Crippen LogP contribution in [-0.2, 0) is 21.1 Å². The molecule has 0 radical (unpaired) electrons. The van der Waals surface area contributed by atoms with Gasteiger partial charge in [-0.2, -0.15) is 0 Å². The molecule has 136 valence electrons. The molecular formula is C22H18I2O2Zr. The summed E-state index contributed by atoms with van der Waals surface area (Å²) in [5.41, 5.74) is 0. The number of allylic oxidation sites excluding steroid dienone is 8.